The van der Waals surface area contributed by atoms with Crippen LogP contribution in [0.2, 0.25) is 0 Å². The second-order valence-corrected chi connectivity index (χ2v) is 6.28. The highest BCUT2D eigenvalue weighted by molar-refractivity contribution is 5.79. The van der Waals surface area contributed by atoms with Crippen LogP contribution < -0.4 is 20.1 Å². The maximum atomic E-state index is 5.44. The predicted molar refractivity (Wildman–Crippen MR) is 107 cm³/mol. The van der Waals surface area contributed by atoms with Crippen molar-refractivity contribution < 1.29 is 9.47 Å². The van der Waals surface area contributed by atoms with Crippen LogP contribution in [-0.2, 0) is 13.0 Å². The van der Waals surface area contributed by atoms with E-state index in [0.29, 0.717) is 6.54 Å². The molecule has 2 N–H and O–H groups in total. The molecular formula is C21H29N3O2. The monoisotopic (exact) mass is 355 g/mol. The number of ether oxygens (including phenoxy) is 2. The first-order valence-electron chi connectivity index (χ1n) is 8.78. The molecule has 0 aromatic heterocycles. The van der Waals surface area contributed by atoms with Crippen LogP contribution in [0.25, 0.3) is 0 Å². The molecular weight excluding hydrogens is 326 g/mol. The fraction of sp³-hybridized carbons (Fsp3) is 0.381. The summed E-state index contributed by atoms with van der Waals surface area (Å²) in [5, 5.41) is 6.70. The molecule has 0 radical (unpaired) electrons. The molecule has 2 aromatic rings. The van der Waals surface area contributed by atoms with Crippen molar-refractivity contribution in [2.75, 3.05) is 27.8 Å². The average molecular weight is 355 g/mol. The Morgan fingerprint density at radius 1 is 0.962 bits per heavy atom. The molecule has 0 amide bonds. The Morgan fingerprint density at radius 2 is 1.77 bits per heavy atom. The fourth-order valence-corrected chi connectivity index (χ4v) is 2.87. The van der Waals surface area contributed by atoms with E-state index < -0.39 is 0 Å². The van der Waals surface area contributed by atoms with Gasteiger partial charge in [0.15, 0.2) is 5.96 Å². The van der Waals surface area contributed by atoms with Gasteiger partial charge in [0.2, 0.25) is 0 Å². The van der Waals surface area contributed by atoms with Crippen molar-refractivity contribution in [3.05, 3.63) is 58.7 Å². The van der Waals surface area contributed by atoms with Gasteiger partial charge in [-0.15, -0.1) is 0 Å². The van der Waals surface area contributed by atoms with E-state index in [-0.39, 0.29) is 0 Å². The van der Waals surface area contributed by atoms with Crippen molar-refractivity contribution >= 4 is 5.96 Å². The van der Waals surface area contributed by atoms with E-state index in [0.717, 1.165) is 36.0 Å². The third-order valence-electron chi connectivity index (χ3n) is 4.15. The molecule has 0 atom stereocenters. The summed E-state index contributed by atoms with van der Waals surface area (Å²) in [7, 11) is 5.17. The summed E-state index contributed by atoms with van der Waals surface area (Å²) in [4.78, 5) is 4.29. The van der Waals surface area contributed by atoms with Crippen LogP contribution in [0.3, 0.4) is 0 Å². The molecule has 0 saturated heterocycles. The zero-order chi connectivity index (χ0) is 18.9. The highest BCUT2D eigenvalue weighted by Gasteiger charge is 2.05. The molecule has 0 aliphatic heterocycles. The first kappa shape index (κ1) is 19.6. The van der Waals surface area contributed by atoms with Crippen LogP contribution in [0, 0.1) is 13.8 Å². The van der Waals surface area contributed by atoms with Gasteiger partial charge in [-0.05, 0) is 55.2 Å². The zero-order valence-electron chi connectivity index (χ0n) is 16.3. The lowest BCUT2D eigenvalue weighted by atomic mass is 10.1. The van der Waals surface area contributed by atoms with Gasteiger partial charge in [0, 0.05) is 20.1 Å². The Bertz CT molecular complexity index is 757. The molecule has 0 heterocycles. The van der Waals surface area contributed by atoms with E-state index in [9.17, 15) is 0 Å². The number of benzene rings is 2. The van der Waals surface area contributed by atoms with E-state index in [1.807, 2.05) is 18.2 Å². The van der Waals surface area contributed by atoms with Gasteiger partial charge >= 0.3 is 0 Å². The van der Waals surface area contributed by atoms with Gasteiger partial charge < -0.3 is 20.1 Å². The molecule has 0 saturated carbocycles. The van der Waals surface area contributed by atoms with Crippen LogP contribution in [0.5, 0.6) is 11.5 Å². The Morgan fingerprint density at radius 3 is 2.46 bits per heavy atom. The topological polar surface area (TPSA) is 54.9 Å². The summed E-state index contributed by atoms with van der Waals surface area (Å²) in [5.74, 6) is 2.57. The number of nitrogens with one attached hydrogen (secondary N) is 2. The summed E-state index contributed by atoms with van der Waals surface area (Å²) in [6.45, 7) is 5.61. The van der Waals surface area contributed by atoms with Crippen molar-refractivity contribution in [1.82, 2.24) is 10.6 Å². The minimum atomic E-state index is 0.686. The molecule has 0 fully saturated rings. The minimum Gasteiger partial charge on any atom is -0.497 e. The van der Waals surface area contributed by atoms with Crippen molar-refractivity contribution in [2.24, 2.45) is 4.99 Å². The second-order valence-electron chi connectivity index (χ2n) is 6.28. The first-order valence-corrected chi connectivity index (χ1v) is 8.78. The van der Waals surface area contributed by atoms with Crippen molar-refractivity contribution in [1.29, 1.82) is 0 Å². The normalized spacial score (nSPS) is 11.2. The molecule has 2 aromatic carbocycles. The summed E-state index contributed by atoms with van der Waals surface area (Å²) >= 11 is 0. The van der Waals surface area contributed by atoms with E-state index in [4.69, 9.17) is 9.47 Å². The molecule has 2 rings (SSSR count). The third kappa shape index (κ3) is 5.69. The van der Waals surface area contributed by atoms with Gasteiger partial charge in [0.05, 0.1) is 14.2 Å². The largest absolute Gasteiger partial charge is 0.497 e. The van der Waals surface area contributed by atoms with Gasteiger partial charge in [-0.1, -0.05) is 23.8 Å². The molecule has 5 nitrogen and oxygen atoms in total. The van der Waals surface area contributed by atoms with Crippen molar-refractivity contribution in [3.8, 4) is 11.5 Å². The molecule has 5 heteroatoms. The Balaban J connectivity index is 1.89. The van der Waals surface area contributed by atoms with Crippen molar-refractivity contribution in [2.45, 2.75) is 26.8 Å². The van der Waals surface area contributed by atoms with Gasteiger partial charge in [0.25, 0.3) is 0 Å². The number of guanidine groups is 1. The highest BCUT2D eigenvalue weighted by atomic mass is 16.5. The molecule has 0 bridgehead atoms. The van der Waals surface area contributed by atoms with Crippen molar-refractivity contribution in [3.63, 3.8) is 0 Å². The molecule has 140 valence electrons. The number of aliphatic imine (C=N–C) groups is 1. The highest BCUT2D eigenvalue weighted by Crippen LogP contribution is 2.19. The Hall–Kier alpha value is -2.69. The Kier molecular flexibility index (Phi) is 7.33. The van der Waals surface area contributed by atoms with Crippen LogP contribution in [0.1, 0.15) is 22.3 Å². The summed E-state index contributed by atoms with van der Waals surface area (Å²) in [5.41, 5.74) is 4.76. The fourth-order valence-electron chi connectivity index (χ4n) is 2.87. The van der Waals surface area contributed by atoms with Crippen LogP contribution in [0.4, 0.5) is 0 Å². The van der Waals surface area contributed by atoms with Crippen LogP contribution in [0.15, 0.2) is 41.4 Å². The molecule has 0 aliphatic rings. The maximum Gasteiger partial charge on any atom is 0.191 e. The number of aryl methyl sites for hydroxylation is 2. The SMILES string of the molecule is CN=C(NCCc1cc(C)ccc1OC)NCc1cc(C)cc(OC)c1. The lowest BCUT2D eigenvalue weighted by Gasteiger charge is -2.14. The summed E-state index contributed by atoms with van der Waals surface area (Å²) in [6, 6.07) is 12.4. The number of rotatable bonds is 7. The predicted octanol–water partition coefficient (Wildman–Crippen LogP) is 3.23. The standard InChI is InChI=1S/C21H29N3O2/c1-15-6-7-20(26-5)18(11-15)8-9-23-21(22-3)24-14-17-10-16(2)12-19(13-17)25-4/h6-7,10-13H,8-9,14H2,1-5H3,(H2,22,23,24). The van der Waals surface area contributed by atoms with Gasteiger partial charge in [-0.2, -0.15) is 0 Å². The number of hydrogen-bond acceptors (Lipinski definition) is 3. The molecule has 0 spiro atoms. The zero-order valence-corrected chi connectivity index (χ0v) is 16.3. The van der Waals surface area contributed by atoms with E-state index in [2.05, 4.69) is 47.7 Å². The quantitative estimate of drug-likeness (QED) is 0.591. The van der Waals surface area contributed by atoms with E-state index in [1.165, 1.54) is 16.7 Å². The van der Waals surface area contributed by atoms with Gasteiger partial charge in [0.1, 0.15) is 11.5 Å². The molecule has 0 unspecified atom stereocenters. The molecule has 26 heavy (non-hydrogen) atoms. The number of hydrogen-bond donors (Lipinski definition) is 2. The lowest BCUT2D eigenvalue weighted by Crippen LogP contribution is -2.37. The van der Waals surface area contributed by atoms with Crippen LogP contribution >= 0.6 is 0 Å². The number of nitrogens with zero attached hydrogens (tertiary/aromatic N) is 1. The minimum absolute atomic E-state index is 0.686. The smallest absolute Gasteiger partial charge is 0.191 e. The second kappa shape index (κ2) is 9.70. The summed E-state index contributed by atoms with van der Waals surface area (Å²) in [6.07, 6.45) is 0.865. The van der Waals surface area contributed by atoms with Gasteiger partial charge in [-0.25, -0.2) is 0 Å². The first-order chi connectivity index (χ1) is 12.5. The number of methoxy groups -OCH3 is 2. The van der Waals surface area contributed by atoms with Gasteiger partial charge in [-0.3, -0.25) is 4.99 Å². The maximum absolute atomic E-state index is 5.44. The summed E-state index contributed by atoms with van der Waals surface area (Å²) < 4.78 is 10.8. The third-order valence-corrected chi connectivity index (χ3v) is 4.15. The Labute approximate surface area is 156 Å². The average Bonchev–Trinajstić information content (AvgIpc) is 2.64. The van der Waals surface area contributed by atoms with E-state index in [1.54, 1.807) is 21.3 Å². The lowest BCUT2D eigenvalue weighted by molar-refractivity contribution is 0.409. The van der Waals surface area contributed by atoms with Crippen LogP contribution in [-0.4, -0.2) is 33.8 Å². The molecule has 0 aliphatic carbocycles. The van der Waals surface area contributed by atoms with E-state index >= 15 is 0 Å².